The van der Waals surface area contributed by atoms with Crippen molar-refractivity contribution in [3.05, 3.63) is 70.0 Å². The van der Waals surface area contributed by atoms with E-state index in [9.17, 15) is 32.7 Å². The third-order valence-electron chi connectivity index (χ3n) is 7.55. The average molecular weight is 641 g/mol. The Morgan fingerprint density at radius 3 is 2.30 bits per heavy atom. The Labute approximate surface area is 259 Å². The number of amides is 1. The summed E-state index contributed by atoms with van der Waals surface area (Å²) in [6, 6.07) is 8.71. The van der Waals surface area contributed by atoms with Crippen LogP contribution in [-0.2, 0) is 17.8 Å². The van der Waals surface area contributed by atoms with Crippen molar-refractivity contribution in [2.75, 3.05) is 11.1 Å². The molecule has 1 amide bonds. The number of anilines is 2. The van der Waals surface area contributed by atoms with Crippen molar-refractivity contribution in [3.63, 3.8) is 0 Å². The fraction of sp³-hybridized carbons (Fsp3) is 0.355. The molecule has 0 radical (unpaired) electrons. The fourth-order valence-corrected chi connectivity index (χ4v) is 5.44. The molecule has 2 aliphatic carbocycles. The number of carboxylic acid groups (broad SMARTS) is 1. The Morgan fingerprint density at radius 2 is 1.72 bits per heavy atom. The molecule has 0 saturated heterocycles. The van der Waals surface area contributed by atoms with E-state index < -0.39 is 23.7 Å². The summed E-state index contributed by atoms with van der Waals surface area (Å²) < 4.78 is 35.3. The maximum atomic E-state index is 13.3. The molecule has 1 saturated carbocycles. The molecule has 242 valence electrons. The molecule has 3 aromatic heterocycles. The third-order valence-corrected chi connectivity index (χ3v) is 7.55. The molecular weight excluding hydrogens is 609 g/mol. The molecule has 0 atom stereocenters. The van der Waals surface area contributed by atoms with Gasteiger partial charge >= 0.3 is 12.1 Å². The van der Waals surface area contributed by atoms with Gasteiger partial charge in [0, 0.05) is 41.2 Å². The number of ketones is 1. The lowest BCUT2D eigenvalue weighted by Crippen LogP contribution is -2.34. The number of nitrogen functional groups attached to an aromatic ring is 1. The van der Waals surface area contributed by atoms with Crippen LogP contribution in [0.1, 0.15) is 72.0 Å². The van der Waals surface area contributed by atoms with Crippen LogP contribution in [0, 0.1) is 0 Å². The minimum absolute atomic E-state index is 0.0143. The quantitative estimate of drug-likeness (QED) is 0.238. The number of aromatic nitrogens is 4. The molecule has 0 unspecified atom stereocenters. The van der Waals surface area contributed by atoms with Gasteiger partial charge in [0.25, 0.3) is 11.5 Å². The predicted molar refractivity (Wildman–Crippen MR) is 162 cm³/mol. The van der Waals surface area contributed by atoms with Crippen molar-refractivity contribution in [2.24, 2.45) is 0 Å². The van der Waals surface area contributed by atoms with Crippen LogP contribution in [0.5, 0.6) is 0 Å². The summed E-state index contributed by atoms with van der Waals surface area (Å²) >= 11 is 0. The van der Waals surface area contributed by atoms with Gasteiger partial charge in [-0.3, -0.25) is 14.4 Å². The molecule has 4 aromatic rings. The van der Waals surface area contributed by atoms with Gasteiger partial charge in [0.2, 0.25) is 0 Å². The summed E-state index contributed by atoms with van der Waals surface area (Å²) in [4.78, 5) is 56.6. The second kappa shape index (κ2) is 12.0. The number of aliphatic carboxylic acids is 1. The largest absolute Gasteiger partial charge is 0.490 e. The molecule has 0 bridgehead atoms. The number of carbonyl (C=O) groups excluding carboxylic acids is 2. The minimum atomic E-state index is -5.08. The van der Waals surface area contributed by atoms with Crippen LogP contribution in [0.2, 0.25) is 0 Å². The number of nitrogens with two attached hydrogens (primary N) is 1. The first-order valence-electron chi connectivity index (χ1n) is 14.4. The Morgan fingerprint density at radius 1 is 1.07 bits per heavy atom. The number of carboxylic acids is 1. The van der Waals surface area contributed by atoms with Crippen LogP contribution in [-0.4, -0.2) is 58.8 Å². The zero-order chi connectivity index (χ0) is 33.6. The molecule has 15 heteroatoms. The van der Waals surface area contributed by atoms with E-state index >= 15 is 0 Å². The molecule has 6 rings (SSSR count). The number of pyridine rings is 1. The highest BCUT2D eigenvalue weighted by Crippen LogP contribution is 2.37. The Hall–Kier alpha value is -5.05. The van der Waals surface area contributed by atoms with Gasteiger partial charge in [0.1, 0.15) is 23.4 Å². The van der Waals surface area contributed by atoms with Gasteiger partial charge in [-0.05, 0) is 63.3 Å². The summed E-state index contributed by atoms with van der Waals surface area (Å²) in [7, 11) is 0. The van der Waals surface area contributed by atoms with Gasteiger partial charge in [-0.2, -0.15) is 13.2 Å². The number of hydrogen-bond donors (Lipinski definition) is 4. The second-order valence-electron chi connectivity index (χ2n) is 11.9. The van der Waals surface area contributed by atoms with Crippen molar-refractivity contribution in [2.45, 2.75) is 70.3 Å². The lowest BCUT2D eigenvalue weighted by molar-refractivity contribution is -0.192. The van der Waals surface area contributed by atoms with Crippen LogP contribution in [0.25, 0.3) is 22.2 Å². The van der Waals surface area contributed by atoms with E-state index in [0.717, 1.165) is 36.1 Å². The van der Waals surface area contributed by atoms with Crippen LogP contribution < -0.4 is 16.6 Å². The molecule has 0 spiro atoms. The maximum absolute atomic E-state index is 13.3. The van der Waals surface area contributed by atoms with E-state index in [1.54, 1.807) is 30.5 Å². The number of rotatable bonds is 6. The summed E-state index contributed by atoms with van der Waals surface area (Å²) in [5.41, 5.74) is 8.90. The van der Waals surface area contributed by atoms with Gasteiger partial charge < -0.3 is 30.4 Å². The highest BCUT2D eigenvalue weighted by molar-refractivity contribution is 6.07. The normalized spacial score (nSPS) is 14.8. The number of nitrogens with zero attached hydrogens (tertiary/aromatic N) is 4. The molecule has 46 heavy (non-hydrogen) atoms. The first-order valence-corrected chi connectivity index (χ1v) is 14.4. The maximum Gasteiger partial charge on any atom is 0.490 e. The predicted octanol–water partition coefficient (Wildman–Crippen LogP) is 4.35. The highest BCUT2D eigenvalue weighted by atomic mass is 19.4. The molecular formula is C31H31F3N6O6. The molecule has 2 aliphatic rings. The molecule has 1 aromatic carbocycles. The van der Waals surface area contributed by atoms with Gasteiger partial charge in [-0.1, -0.05) is 12.1 Å². The smallest absolute Gasteiger partial charge is 0.475 e. The number of fused-ring (bicyclic) bond motifs is 2. The molecule has 5 N–H and O–H groups in total. The SMILES string of the molecule is CC(C)(O)Cn1cc(-c2ccc(NC(=O)c3cc4c(n(C5CC5)c3=O)CCCC4=O)cc2)c2c(N)ncnc21.O=C(O)C(F)(F)F. The van der Waals surface area contributed by atoms with Gasteiger partial charge in [-0.25, -0.2) is 14.8 Å². The number of alkyl halides is 3. The van der Waals surface area contributed by atoms with Crippen molar-refractivity contribution >= 4 is 40.2 Å². The lowest BCUT2D eigenvalue weighted by atomic mass is 9.93. The van der Waals surface area contributed by atoms with Crippen LogP contribution >= 0.6 is 0 Å². The standard InChI is InChI=1S/C29H30N6O4.C2HF3O2/c1-29(2,39)14-34-13-21(24-25(30)31-15-32-26(24)34)16-6-8-17(9-7-16)33-27(37)20-12-19-22(4-3-5-23(19)36)35(28(20)38)18-10-11-18;3-2(4,5)1(6)7/h6-9,12-13,15,18,39H,3-5,10-11,14H2,1-2H3,(H,33,37)(H2,30,31,32);(H,6,7). The summed E-state index contributed by atoms with van der Waals surface area (Å²) in [6.45, 7) is 3.76. The summed E-state index contributed by atoms with van der Waals surface area (Å²) in [6.07, 6.45) is 1.80. The van der Waals surface area contributed by atoms with Crippen LogP contribution in [0.3, 0.4) is 0 Å². The number of aliphatic hydroxyl groups is 1. The summed E-state index contributed by atoms with van der Waals surface area (Å²) in [5.74, 6) is -2.98. The number of benzene rings is 1. The van der Waals surface area contributed by atoms with Gasteiger partial charge in [-0.15, -0.1) is 0 Å². The number of hydrogen-bond acceptors (Lipinski definition) is 8. The minimum Gasteiger partial charge on any atom is -0.475 e. The number of halogens is 3. The van der Waals surface area contributed by atoms with Gasteiger partial charge in [0.05, 0.1) is 17.5 Å². The number of Topliss-reactive ketones (excluding diaryl/α,β-unsaturated/α-hetero) is 1. The van der Waals surface area contributed by atoms with E-state index in [2.05, 4.69) is 15.3 Å². The summed E-state index contributed by atoms with van der Waals surface area (Å²) in [5, 5.41) is 21.0. The van der Waals surface area contributed by atoms with Crippen LogP contribution in [0.4, 0.5) is 24.7 Å². The van der Waals surface area contributed by atoms with E-state index in [-0.39, 0.29) is 22.9 Å². The van der Waals surface area contributed by atoms with Crippen molar-refractivity contribution in [3.8, 4) is 11.1 Å². The fourth-order valence-electron chi connectivity index (χ4n) is 5.44. The first kappa shape index (κ1) is 32.3. The Bertz CT molecular complexity index is 1900. The molecule has 0 aliphatic heterocycles. The van der Waals surface area contributed by atoms with E-state index in [4.69, 9.17) is 15.6 Å². The number of carbonyl (C=O) groups is 3. The Kier molecular flexibility index (Phi) is 8.47. The molecule has 3 heterocycles. The van der Waals surface area contributed by atoms with E-state index in [1.807, 2.05) is 22.9 Å². The highest BCUT2D eigenvalue weighted by Gasteiger charge is 2.38. The van der Waals surface area contributed by atoms with E-state index in [1.165, 1.54) is 12.4 Å². The van der Waals surface area contributed by atoms with Crippen molar-refractivity contribution in [1.82, 2.24) is 19.1 Å². The second-order valence-corrected chi connectivity index (χ2v) is 11.9. The first-order chi connectivity index (χ1) is 21.5. The zero-order valence-electron chi connectivity index (χ0n) is 24.9. The van der Waals surface area contributed by atoms with Crippen LogP contribution in [0.15, 0.2) is 47.7 Å². The Balaban J connectivity index is 0.000000537. The monoisotopic (exact) mass is 640 g/mol. The average Bonchev–Trinajstić information content (AvgIpc) is 3.74. The molecule has 12 nitrogen and oxygen atoms in total. The van der Waals surface area contributed by atoms with Gasteiger partial charge in [0.15, 0.2) is 5.78 Å². The lowest BCUT2D eigenvalue weighted by Gasteiger charge is -2.21. The van der Waals surface area contributed by atoms with Crippen molar-refractivity contribution in [1.29, 1.82) is 0 Å². The number of nitrogens with one attached hydrogen (secondary N) is 1. The zero-order valence-corrected chi connectivity index (χ0v) is 24.9. The van der Waals surface area contributed by atoms with E-state index in [0.29, 0.717) is 47.5 Å². The third kappa shape index (κ3) is 6.78. The molecule has 1 fully saturated rings. The topological polar surface area (TPSA) is 182 Å². The van der Waals surface area contributed by atoms with Crippen molar-refractivity contribution < 1.29 is 37.8 Å².